The molecule has 0 saturated carbocycles. The molecule has 6 heteroatoms. The van der Waals surface area contributed by atoms with Gasteiger partial charge in [-0.25, -0.2) is 4.98 Å². The molecule has 0 saturated heterocycles. The van der Waals surface area contributed by atoms with Gasteiger partial charge in [-0.3, -0.25) is 4.57 Å². The Kier molecular flexibility index (Phi) is 2.76. The van der Waals surface area contributed by atoms with Gasteiger partial charge >= 0.3 is 0 Å². The first kappa shape index (κ1) is 12.3. The predicted molar refractivity (Wildman–Crippen MR) is 89.3 cm³/mol. The first-order chi connectivity index (χ1) is 9.72. The molecule has 3 heterocycles. The summed E-state index contributed by atoms with van der Waals surface area (Å²) >= 11 is 10.6. The van der Waals surface area contributed by atoms with Gasteiger partial charge in [-0.1, -0.05) is 0 Å². The molecule has 20 heavy (non-hydrogen) atoms. The maximum Gasteiger partial charge on any atom is 0.183 e. The summed E-state index contributed by atoms with van der Waals surface area (Å²) in [6, 6.07) is 10.4. The van der Waals surface area contributed by atoms with Gasteiger partial charge in [-0.15, -0.1) is 11.3 Å². The first-order valence-corrected chi connectivity index (χ1v) is 8.04. The fraction of sp³-hybridized carbons (Fsp3) is 0. The Morgan fingerprint density at radius 3 is 3.05 bits per heavy atom. The molecular formula is C14H8BrN3S2. The zero-order valence-corrected chi connectivity index (χ0v) is 13.3. The molecule has 4 aromatic rings. The van der Waals surface area contributed by atoms with Crippen LogP contribution in [0.5, 0.6) is 0 Å². The molecule has 3 aromatic heterocycles. The quantitative estimate of drug-likeness (QED) is 0.480. The summed E-state index contributed by atoms with van der Waals surface area (Å²) < 4.78 is 4.83. The van der Waals surface area contributed by atoms with E-state index in [1.54, 1.807) is 17.5 Å². The Morgan fingerprint density at radius 1 is 1.25 bits per heavy atom. The maximum absolute atomic E-state index is 5.44. The highest BCUT2D eigenvalue weighted by Gasteiger charge is 2.09. The highest BCUT2D eigenvalue weighted by atomic mass is 79.9. The first-order valence-electron chi connectivity index (χ1n) is 5.96. The largest absolute Gasteiger partial charge is 0.329 e. The van der Waals surface area contributed by atoms with Gasteiger partial charge in [0, 0.05) is 15.4 Å². The summed E-state index contributed by atoms with van der Waals surface area (Å²) in [4.78, 5) is 7.66. The standard InChI is InChI=1S/C14H8BrN3S2/c15-9-6-11-13(16-7-9)18(14(19)17-11)10-1-2-12-8(5-10)3-4-20-12/h1-7H,(H,17,19). The van der Waals surface area contributed by atoms with Crippen molar-refractivity contribution in [3.8, 4) is 5.69 Å². The minimum Gasteiger partial charge on any atom is -0.329 e. The lowest BCUT2D eigenvalue weighted by Crippen LogP contribution is -1.95. The van der Waals surface area contributed by atoms with Crippen molar-refractivity contribution in [2.24, 2.45) is 0 Å². The van der Waals surface area contributed by atoms with E-state index in [1.807, 2.05) is 10.6 Å². The van der Waals surface area contributed by atoms with Gasteiger partial charge < -0.3 is 4.98 Å². The molecule has 0 amide bonds. The van der Waals surface area contributed by atoms with Crippen LogP contribution in [0.4, 0.5) is 0 Å². The Balaban J connectivity index is 2.05. The van der Waals surface area contributed by atoms with Crippen LogP contribution < -0.4 is 0 Å². The minimum absolute atomic E-state index is 0.653. The van der Waals surface area contributed by atoms with E-state index < -0.39 is 0 Å². The third kappa shape index (κ3) is 1.83. The number of aromatic nitrogens is 3. The lowest BCUT2D eigenvalue weighted by molar-refractivity contribution is 1.05. The van der Waals surface area contributed by atoms with E-state index >= 15 is 0 Å². The average molecular weight is 362 g/mol. The fourth-order valence-corrected chi connectivity index (χ4v) is 3.71. The zero-order chi connectivity index (χ0) is 13.7. The summed E-state index contributed by atoms with van der Waals surface area (Å²) in [5, 5.41) is 3.32. The molecule has 0 atom stereocenters. The van der Waals surface area contributed by atoms with Gasteiger partial charge in [0.25, 0.3) is 0 Å². The highest BCUT2D eigenvalue weighted by molar-refractivity contribution is 9.10. The van der Waals surface area contributed by atoms with Crippen molar-refractivity contribution < 1.29 is 0 Å². The Morgan fingerprint density at radius 2 is 2.15 bits per heavy atom. The van der Waals surface area contributed by atoms with Crippen LogP contribution in [0.2, 0.25) is 0 Å². The number of nitrogens with zero attached hydrogens (tertiary/aromatic N) is 2. The molecule has 0 aliphatic heterocycles. The number of nitrogens with one attached hydrogen (secondary N) is 1. The monoisotopic (exact) mass is 361 g/mol. The molecule has 4 rings (SSSR count). The number of imidazole rings is 1. The summed E-state index contributed by atoms with van der Waals surface area (Å²) in [7, 11) is 0. The van der Waals surface area contributed by atoms with E-state index in [2.05, 4.69) is 55.5 Å². The molecule has 1 N–H and O–H groups in total. The molecule has 0 bridgehead atoms. The number of H-pyrrole nitrogens is 1. The molecular weight excluding hydrogens is 354 g/mol. The topological polar surface area (TPSA) is 33.6 Å². The van der Waals surface area contributed by atoms with E-state index in [4.69, 9.17) is 12.2 Å². The van der Waals surface area contributed by atoms with Crippen molar-refractivity contribution in [2.45, 2.75) is 0 Å². The number of hydrogen-bond acceptors (Lipinski definition) is 3. The molecule has 3 nitrogen and oxygen atoms in total. The maximum atomic E-state index is 5.44. The van der Waals surface area contributed by atoms with Crippen LogP contribution in [0.15, 0.2) is 46.4 Å². The second-order valence-corrected chi connectivity index (χ2v) is 6.68. The van der Waals surface area contributed by atoms with Crippen LogP contribution in [0, 0.1) is 4.77 Å². The predicted octanol–water partition coefficient (Wildman–Crippen LogP) is 5.06. The lowest BCUT2D eigenvalue weighted by atomic mass is 10.2. The number of pyridine rings is 1. The van der Waals surface area contributed by atoms with Crippen LogP contribution in [0.1, 0.15) is 0 Å². The number of halogens is 1. The second-order valence-electron chi connectivity index (χ2n) is 4.43. The van der Waals surface area contributed by atoms with E-state index in [1.165, 1.54) is 10.1 Å². The number of hydrogen-bond donors (Lipinski definition) is 1. The van der Waals surface area contributed by atoms with Crippen LogP contribution in [-0.2, 0) is 0 Å². The summed E-state index contributed by atoms with van der Waals surface area (Å²) in [6.45, 7) is 0. The molecule has 0 fully saturated rings. The average Bonchev–Trinajstić information content (AvgIpc) is 3.00. The lowest BCUT2D eigenvalue weighted by Gasteiger charge is -2.04. The molecule has 1 aromatic carbocycles. The van der Waals surface area contributed by atoms with Gasteiger partial charge in [0.15, 0.2) is 10.4 Å². The van der Waals surface area contributed by atoms with Gasteiger partial charge in [0.05, 0.1) is 11.2 Å². The molecule has 0 aliphatic rings. The van der Waals surface area contributed by atoms with E-state index in [9.17, 15) is 0 Å². The Hall–Kier alpha value is -1.50. The molecule has 0 aliphatic carbocycles. The highest BCUT2D eigenvalue weighted by Crippen LogP contribution is 2.26. The van der Waals surface area contributed by atoms with Crippen LogP contribution in [0.25, 0.3) is 26.9 Å². The van der Waals surface area contributed by atoms with Crippen molar-refractivity contribution in [2.75, 3.05) is 0 Å². The van der Waals surface area contributed by atoms with Crippen molar-refractivity contribution >= 4 is 60.7 Å². The molecule has 0 spiro atoms. The van der Waals surface area contributed by atoms with Crippen LogP contribution in [-0.4, -0.2) is 14.5 Å². The van der Waals surface area contributed by atoms with E-state index in [0.717, 1.165) is 21.3 Å². The van der Waals surface area contributed by atoms with E-state index in [0.29, 0.717) is 4.77 Å². The normalized spacial score (nSPS) is 11.4. The number of rotatable bonds is 1. The van der Waals surface area contributed by atoms with Gasteiger partial charge in [0.2, 0.25) is 0 Å². The summed E-state index contributed by atoms with van der Waals surface area (Å²) in [6.07, 6.45) is 1.78. The van der Waals surface area contributed by atoms with Crippen molar-refractivity contribution in [3.05, 3.63) is 51.2 Å². The van der Waals surface area contributed by atoms with Crippen LogP contribution >= 0.6 is 39.5 Å². The summed E-state index contributed by atoms with van der Waals surface area (Å²) in [5.41, 5.74) is 2.80. The molecule has 98 valence electrons. The molecule has 0 radical (unpaired) electrons. The van der Waals surface area contributed by atoms with Gasteiger partial charge in [-0.05, 0) is 69.2 Å². The summed E-state index contributed by atoms with van der Waals surface area (Å²) in [5.74, 6) is 0. The van der Waals surface area contributed by atoms with Crippen molar-refractivity contribution in [3.63, 3.8) is 0 Å². The zero-order valence-electron chi connectivity index (χ0n) is 10.1. The fourth-order valence-electron chi connectivity index (χ4n) is 2.30. The number of aromatic amines is 1. The minimum atomic E-state index is 0.653. The molecule has 0 unspecified atom stereocenters. The van der Waals surface area contributed by atoms with Crippen molar-refractivity contribution in [1.82, 2.24) is 14.5 Å². The third-order valence-corrected chi connectivity index (χ3v) is 4.80. The Bertz CT molecular complexity index is 996. The van der Waals surface area contributed by atoms with Gasteiger partial charge in [-0.2, -0.15) is 0 Å². The Labute approximate surface area is 132 Å². The second kappa shape index (κ2) is 4.51. The number of fused-ring (bicyclic) bond motifs is 2. The van der Waals surface area contributed by atoms with E-state index in [-0.39, 0.29) is 0 Å². The number of thiophene rings is 1. The number of benzene rings is 1. The SMILES string of the molecule is S=c1[nH]c2cc(Br)cnc2n1-c1ccc2sccc2c1. The van der Waals surface area contributed by atoms with Crippen LogP contribution in [0.3, 0.4) is 0 Å². The van der Waals surface area contributed by atoms with Crippen molar-refractivity contribution in [1.29, 1.82) is 0 Å². The smallest absolute Gasteiger partial charge is 0.183 e. The third-order valence-electron chi connectivity index (χ3n) is 3.18. The van der Waals surface area contributed by atoms with Gasteiger partial charge in [0.1, 0.15) is 0 Å².